The number of primary amides is 1. The number of thioether (sulfide) groups is 1. The average Bonchev–Trinajstić information content (AvgIpc) is 3.30. The third kappa shape index (κ3) is 4.06. The van der Waals surface area contributed by atoms with Crippen LogP contribution in [0.5, 0.6) is 0 Å². The number of benzene rings is 2. The average molecular weight is 422 g/mol. The smallest absolute Gasteiger partial charge is 0.332 e. The number of hydrogen-bond donors (Lipinski definition) is 2. The Morgan fingerprint density at radius 1 is 1.23 bits per heavy atom. The lowest BCUT2D eigenvalue weighted by Gasteiger charge is -2.19. The number of carbonyl (C=O) groups is 1. The van der Waals surface area contributed by atoms with E-state index in [9.17, 15) is 4.79 Å². The summed E-state index contributed by atoms with van der Waals surface area (Å²) in [5, 5.41) is 17.1. The number of amides is 2. The van der Waals surface area contributed by atoms with Crippen molar-refractivity contribution in [3.05, 3.63) is 65.2 Å². The minimum atomic E-state index is -0.694. The largest absolute Gasteiger partial charge is 0.350 e. The number of fused-ring (bicyclic) bond motifs is 1. The molecular formula is C21H23N7OS. The van der Waals surface area contributed by atoms with Gasteiger partial charge in [-0.2, -0.15) is 9.78 Å². The zero-order chi connectivity index (χ0) is 21.3. The molecule has 1 aliphatic carbocycles. The lowest BCUT2D eigenvalue weighted by Crippen LogP contribution is -2.27. The molecule has 0 aliphatic heterocycles. The SMILES string of the molecule is CC(C)(C)c1ccc2c(c1)CC(Sc1nnnn1-c1ccccc1)C2=NNC(N)=O. The zero-order valence-corrected chi connectivity index (χ0v) is 17.8. The van der Waals surface area contributed by atoms with Crippen molar-refractivity contribution in [3.63, 3.8) is 0 Å². The first-order valence-corrected chi connectivity index (χ1v) is 10.5. The predicted octanol–water partition coefficient (Wildman–Crippen LogP) is 3.05. The third-order valence-electron chi connectivity index (χ3n) is 4.93. The number of hydrogen-bond acceptors (Lipinski definition) is 6. The van der Waals surface area contributed by atoms with Gasteiger partial charge in [0.1, 0.15) is 0 Å². The number of rotatable bonds is 4. The Hall–Kier alpha value is -3.20. The van der Waals surface area contributed by atoms with Crippen molar-refractivity contribution in [2.75, 3.05) is 0 Å². The second kappa shape index (κ2) is 7.91. The number of nitrogens with zero attached hydrogens (tertiary/aromatic N) is 5. The summed E-state index contributed by atoms with van der Waals surface area (Å²) in [6.45, 7) is 6.56. The van der Waals surface area contributed by atoms with Gasteiger partial charge in [-0.25, -0.2) is 10.2 Å². The molecule has 0 saturated carbocycles. The summed E-state index contributed by atoms with van der Waals surface area (Å²) >= 11 is 1.51. The molecule has 0 fully saturated rings. The minimum Gasteiger partial charge on any atom is -0.350 e. The van der Waals surface area contributed by atoms with E-state index in [2.05, 4.69) is 65.0 Å². The molecular weight excluding hydrogens is 398 g/mol. The van der Waals surface area contributed by atoms with Gasteiger partial charge in [0.25, 0.3) is 0 Å². The van der Waals surface area contributed by atoms with E-state index in [1.54, 1.807) is 4.68 Å². The molecule has 0 saturated heterocycles. The molecule has 9 heteroatoms. The van der Waals surface area contributed by atoms with Crippen LogP contribution in [-0.4, -0.2) is 37.2 Å². The Labute approximate surface area is 178 Å². The van der Waals surface area contributed by atoms with E-state index in [1.807, 2.05) is 30.3 Å². The molecule has 0 bridgehead atoms. The van der Waals surface area contributed by atoms with Gasteiger partial charge in [0, 0.05) is 5.56 Å². The highest BCUT2D eigenvalue weighted by Crippen LogP contribution is 2.36. The van der Waals surface area contributed by atoms with Crippen LogP contribution in [0.2, 0.25) is 0 Å². The van der Waals surface area contributed by atoms with Crippen LogP contribution in [0, 0.1) is 0 Å². The van der Waals surface area contributed by atoms with Crippen molar-refractivity contribution < 1.29 is 4.79 Å². The molecule has 1 heterocycles. The van der Waals surface area contributed by atoms with Crippen molar-refractivity contribution in [1.82, 2.24) is 25.6 Å². The van der Waals surface area contributed by atoms with Gasteiger partial charge in [0.2, 0.25) is 5.16 Å². The highest BCUT2D eigenvalue weighted by molar-refractivity contribution is 8.00. The second-order valence-electron chi connectivity index (χ2n) is 8.11. The van der Waals surface area contributed by atoms with Crippen molar-refractivity contribution in [1.29, 1.82) is 0 Å². The van der Waals surface area contributed by atoms with Gasteiger partial charge in [-0.1, -0.05) is 68.9 Å². The number of tetrazole rings is 1. The monoisotopic (exact) mass is 421 g/mol. The quantitative estimate of drug-likeness (QED) is 0.629. The summed E-state index contributed by atoms with van der Waals surface area (Å²) in [4.78, 5) is 11.3. The molecule has 1 unspecified atom stereocenters. The molecule has 3 N–H and O–H groups in total. The van der Waals surface area contributed by atoms with E-state index in [0.717, 1.165) is 23.4 Å². The summed E-state index contributed by atoms with van der Waals surface area (Å²) in [6.07, 6.45) is 0.755. The van der Waals surface area contributed by atoms with Gasteiger partial charge in [-0.05, 0) is 45.5 Å². The van der Waals surface area contributed by atoms with Crippen molar-refractivity contribution >= 4 is 23.5 Å². The molecule has 1 atom stereocenters. The molecule has 2 aromatic carbocycles. The molecule has 154 valence electrons. The molecule has 1 aromatic heterocycles. The maximum atomic E-state index is 11.3. The first kappa shape index (κ1) is 20.1. The van der Waals surface area contributed by atoms with Gasteiger partial charge >= 0.3 is 6.03 Å². The number of nitrogens with one attached hydrogen (secondary N) is 1. The maximum absolute atomic E-state index is 11.3. The van der Waals surface area contributed by atoms with Gasteiger partial charge < -0.3 is 5.73 Å². The van der Waals surface area contributed by atoms with Crippen LogP contribution in [0.1, 0.15) is 37.5 Å². The van der Waals surface area contributed by atoms with Crippen LogP contribution in [0.3, 0.4) is 0 Å². The lowest BCUT2D eigenvalue weighted by atomic mass is 9.85. The van der Waals surface area contributed by atoms with E-state index in [1.165, 1.54) is 22.9 Å². The molecule has 3 aromatic rings. The van der Waals surface area contributed by atoms with Gasteiger partial charge in [0.05, 0.1) is 16.6 Å². The minimum absolute atomic E-state index is 0.0421. The Balaban J connectivity index is 1.68. The molecule has 8 nitrogen and oxygen atoms in total. The summed E-state index contributed by atoms with van der Waals surface area (Å²) < 4.78 is 1.70. The van der Waals surface area contributed by atoms with E-state index < -0.39 is 6.03 Å². The van der Waals surface area contributed by atoms with Crippen LogP contribution in [0.4, 0.5) is 4.79 Å². The highest BCUT2D eigenvalue weighted by Gasteiger charge is 2.32. The van der Waals surface area contributed by atoms with Gasteiger partial charge in [-0.3, -0.25) is 0 Å². The predicted molar refractivity (Wildman–Crippen MR) is 117 cm³/mol. The Kier molecular flexibility index (Phi) is 5.29. The summed E-state index contributed by atoms with van der Waals surface area (Å²) in [5.41, 5.74) is 12.8. The number of aromatic nitrogens is 4. The fourth-order valence-electron chi connectivity index (χ4n) is 3.40. The fraction of sp³-hybridized carbons (Fsp3) is 0.286. The van der Waals surface area contributed by atoms with E-state index >= 15 is 0 Å². The first-order chi connectivity index (χ1) is 14.3. The van der Waals surface area contributed by atoms with Crippen LogP contribution < -0.4 is 11.2 Å². The van der Waals surface area contributed by atoms with E-state index in [0.29, 0.717) is 5.16 Å². The molecule has 0 spiro atoms. The first-order valence-electron chi connectivity index (χ1n) is 9.60. The molecule has 1 aliphatic rings. The van der Waals surface area contributed by atoms with E-state index in [4.69, 9.17) is 5.73 Å². The number of nitrogens with two attached hydrogens (primary N) is 1. The number of para-hydroxylation sites is 1. The Bertz CT molecular complexity index is 1100. The summed E-state index contributed by atoms with van der Waals surface area (Å²) in [7, 11) is 0. The van der Waals surface area contributed by atoms with E-state index in [-0.39, 0.29) is 10.7 Å². The third-order valence-corrected chi connectivity index (χ3v) is 6.07. The fourth-order valence-corrected chi connectivity index (χ4v) is 4.54. The normalized spacial score (nSPS) is 17.2. The number of carbonyl (C=O) groups excluding carboxylic acids is 1. The summed E-state index contributed by atoms with van der Waals surface area (Å²) in [5.74, 6) is 0. The van der Waals surface area contributed by atoms with Crippen LogP contribution in [-0.2, 0) is 11.8 Å². The number of hydrazone groups is 1. The molecule has 2 amide bonds. The molecule has 4 rings (SSSR count). The molecule has 0 radical (unpaired) electrons. The zero-order valence-electron chi connectivity index (χ0n) is 17.0. The Morgan fingerprint density at radius 2 is 2.00 bits per heavy atom. The Morgan fingerprint density at radius 3 is 2.70 bits per heavy atom. The van der Waals surface area contributed by atoms with Crippen molar-refractivity contribution in [2.45, 2.75) is 43.0 Å². The highest BCUT2D eigenvalue weighted by atomic mass is 32.2. The lowest BCUT2D eigenvalue weighted by molar-refractivity contribution is 0.249. The van der Waals surface area contributed by atoms with Gasteiger partial charge in [0.15, 0.2) is 0 Å². The summed E-state index contributed by atoms with van der Waals surface area (Å²) in [6, 6.07) is 15.4. The van der Waals surface area contributed by atoms with Crippen LogP contribution in [0.25, 0.3) is 5.69 Å². The van der Waals surface area contributed by atoms with Crippen LogP contribution >= 0.6 is 11.8 Å². The molecule has 30 heavy (non-hydrogen) atoms. The van der Waals surface area contributed by atoms with Gasteiger partial charge in [-0.15, -0.1) is 5.10 Å². The van der Waals surface area contributed by atoms with Crippen molar-refractivity contribution in [3.8, 4) is 5.69 Å². The maximum Gasteiger partial charge on any atom is 0.332 e. The van der Waals surface area contributed by atoms with Crippen molar-refractivity contribution in [2.24, 2.45) is 10.8 Å². The standard InChI is InChI=1S/C21H23N7OS/c1-21(2,3)14-9-10-16-13(11-14)12-17(18(16)23-24-19(22)29)30-20-25-26-27-28(20)15-7-5-4-6-8-15/h4-11,17H,12H2,1-3H3,(H3,22,24,29). The number of urea groups is 1. The topological polar surface area (TPSA) is 111 Å². The van der Waals surface area contributed by atoms with Crippen LogP contribution in [0.15, 0.2) is 58.8 Å². The second-order valence-corrected chi connectivity index (χ2v) is 9.28.